The number of methoxy groups -OCH3 is 1. The number of aliphatic hydroxyl groups excluding tert-OH is 1. The summed E-state index contributed by atoms with van der Waals surface area (Å²) in [6.45, 7) is 1.71. The van der Waals surface area contributed by atoms with Crippen LogP contribution in [0.2, 0.25) is 0 Å². The fraction of sp³-hybridized carbons (Fsp3) is 0.538. The van der Waals surface area contributed by atoms with Crippen LogP contribution in [0.4, 0.5) is 4.39 Å². The lowest BCUT2D eigenvalue weighted by atomic mass is 10.00. The van der Waals surface area contributed by atoms with Crippen molar-refractivity contribution < 1.29 is 14.2 Å². The Kier molecular flexibility index (Phi) is 3.26. The van der Waals surface area contributed by atoms with Gasteiger partial charge in [0.1, 0.15) is 11.9 Å². The third-order valence-electron chi connectivity index (χ3n) is 3.21. The first-order chi connectivity index (χ1) is 7.63. The van der Waals surface area contributed by atoms with E-state index in [1.807, 2.05) is 0 Å². The van der Waals surface area contributed by atoms with E-state index in [0.717, 1.165) is 12.8 Å². The van der Waals surface area contributed by atoms with Crippen molar-refractivity contribution in [3.05, 3.63) is 35.1 Å². The molecule has 2 rings (SSSR count). The number of hydrogen-bond donors (Lipinski definition) is 1. The SMILES string of the molecule is COC(C1CC1)C(O)c1ccc(C)c(F)c1. The molecule has 3 heteroatoms. The van der Waals surface area contributed by atoms with Gasteiger partial charge in [0.15, 0.2) is 0 Å². The fourth-order valence-corrected chi connectivity index (χ4v) is 1.99. The minimum Gasteiger partial charge on any atom is -0.386 e. The molecule has 0 bridgehead atoms. The van der Waals surface area contributed by atoms with Gasteiger partial charge in [0, 0.05) is 7.11 Å². The quantitative estimate of drug-likeness (QED) is 0.851. The van der Waals surface area contributed by atoms with Gasteiger partial charge in [0.25, 0.3) is 0 Å². The number of aryl methyl sites for hydroxylation is 1. The lowest BCUT2D eigenvalue weighted by Gasteiger charge is -2.21. The molecule has 0 heterocycles. The summed E-state index contributed by atoms with van der Waals surface area (Å²) in [6.07, 6.45) is 1.24. The molecule has 1 N–H and O–H groups in total. The van der Waals surface area contributed by atoms with Crippen LogP contribution in [0, 0.1) is 18.7 Å². The number of benzene rings is 1. The molecule has 0 amide bonds. The Balaban J connectivity index is 2.18. The monoisotopic (exact) mass is 224 g/mol. The van der Waals surface area contributed by atoms with Crippen LogP contribution in [0.1, 0.15) is 30.1 Å². The van der Waals surface area contributed by atoms with Crippen LogP contribution >= 0.6 is 0 Å². The van der Waals surface area contributed by atoms with E-state index < -0.39 is 6.10 Å². The molecule has 88 valence electrons. The highest BCUT2D eigenvalue weighted by molar-refractivity contribution is 5.26. The van der Waals surface area contributed by atoms with E-state index in [4.69, 9.17) is 4.74 Å². The van der Waals surface area contributed by atoms with Crippen molar-refractivity contribution in [3.63, 3.8) is 0 Å². The maximum absolute atomic E-state index is 13.4. The van der Waals surface area contributed by atoms with Crippen LogP contribution in [-0.2, 0) is 4.74 Å². The highest BCUT2D eigenvalue weighted by Gasteiger charge is 2.36. The summed E-state index contributed by atoms with van der Waals surface area (Å²) in [5, 5.41) is 10.1. The Labute approximate surface area is 95.1 Å². The summed E-state index contributed by atoms with van der Waals surface area (Å²) in [5.41, 5.74) is 1.19. The van der Waals surface area contributed by atoms with E-state index in [0.29, 0.717) is 17.0 Å². The maximum atomic E-state index is 13.4. The van der Waals surface area contributed by atoms with Crippen LogP contribution in [0.3, 0.4) is 0 Å². The zero-order valence-electron chi connectivity index (χ0n) is 9.61. The normalized spacial score (nSPS) is 19.5. The zero-order chi connectivity index (χ0) is 11.7. The molecule has 1 aromatic carbocycles. The molecule has 1 fully saturated rings. The average molecular weight is 224 g/mol. The topological polar surface area (TPSA) is 29.5 Å². The van der Waals surface area contributed by atoms with Crippen LogP contribution in [-0.4, -0.2) is 18.3 Å². The number of rotatable bonds is 4. The molecular weight excluding hydrogens is 207 g/mol. The largest absolute Gasteiger partial charge is 0.386 e. The van der Waals surface area contributed by atoms with Gasteiger partial charge in [-0.3, -0.25) is 0 Å². The van der Waals surface area contributed by atoms with E-state index in [1.165, 1.54) is 6.07 Å². The Hall–Kier alpha value is -0.930. The van der Waals surface area contributed by atoms with E-state index >= 15 is 0 Å². The second kappa shape index (κ2) is 4.52. The first kappa shape index (κ1) is 11.6. The standard InChI is InChI=1S/C13H17FO2/c1-8-3-4-10(7-11(8)14)12(15)13(16-2)9-5-6-9/h3-4,7,9,12-13,15H,5-6H2,1-2H3. The average Bonchev–Trinajstić information content (AvgIpc) is 3.07. The molecule has 2 unspecified atom stereocenters. The van der Waals surface area contributed by atoms with Gasteiger partial charge in [-0.05, 0) is 42.9 Å². The van der Waals surface area contributed by atoms with Gasteiger partial charge in [0.2, 0.25) is 0 Å². The molecule has 16 heavy (non-hydrogen) atoms. The minimum absolute atomic E-state index is 0.206. The van der Waals surface area contributed by atoms with Gasteiger partial charge in [-0.2, -0.15) is 0 Å². The minimum atomic E-state index is -0.729. The van der Waals surface area contributed by atoms with Crippen molar-refractivity contribution in [2.75, 3.05) is 7.11 Å². The molecular formula is C13H17FO2. The smallest absolute Gasteiger partial charge is 0.126 e. The van der Waals surface area contributed by atoms with Gasteiger partial charge < -0.3 is 9.84 Å². The Morgan fingerprint density at radius 1 is 1.44 bits per heavy atom. The zero-order valence-corrected chi connectivity index (χ0v) is 9.61. The molecule has 0 spiro atoms. The number of hydrogen-bond acceptors (Lipinski definition) is 2. The van der Waals surface area contributed by atoms with Crippen molar-refractivity contribution in [2.24, 2.45) is 5.92 Å². The van der Waals surface area contributed by atoms with E-state index in [9.17, 15) is 9.50 Å². The third-order valence-corrected chi connectivity index (χ3v) is 3.21. The molecule has 1 aliphatic rings. The second-order valence-electron chi connectivity index (χ2n) is 4.49. The van der Waals surface area contributed by atoms with Gasteiger partial charge in [-0.25, -0.2) is 4.39 Å². The lowest BCUT2D eigenvalue weighted by molar-refractivity contribution is -0.0260. The van der Waals surface area contributed by atoms with Gasteiger partial charge in [-0.15, -0.1) is 0 Å². The highest BCUT2D eigenvalue weighted by Crippen LogP contribution is 2.39. The summed E-state index contributed by atoms with van der Waals surface area (Å²) >= 11 is 0. The Morgan fingerprint density at radius 3 is 2.62 bits per heavy atom. The van der Waals surface area contributed by atoms with Crippen molar-refractivity contribution in [3.8, 4) is 0 Å². The van der Waals surface area contributed by atoms with E-state index in [1.54, 1.807) is 26.2 Å². The summed E-state index contributed by atoms with van der Waals surface area (Å²) in [7, 11) is 1.59. The fourth-order valence-electron chi connectivity index (χ4n) is 1.99. The number of halogens is 1. The molecule has 1 aliphatic carbocycles. The predicted octanol–water partition coefficient (Wildman–Crippen LogP) is 2.59. The lowest BCUT2D eigenvalue weighted by Crippen LogP contribution is -2.23. The van der Waals surface area contributed by atoms with Crippen LogP contribution in [0.15, 0.2) is 18.2 Å². The van der Waals surface area contributed by atoms with Crippen LogP contribution < -0.4 is 0 Å². The molecule has 0 aliphatic heterocycles. The van der Waals surface area contributed by atoms with Gasteiger partial charge in [0.05, 0.1) is 6.10 Å². The molecule has 0 aromatic heterocycles. The molecule has 0 saturated heterocycles. The maximum Gasteiger partial charge on any atom is 0.126 e. The molecule has 0 radical (unpaired) electrons. The Bertz CT molecular complexity index is 374. The van der Waals surface area contributed by atoms with Crippen molar-refractivity contribution in [1.29, 1.82) is 0 Å². The molecule has 1 saturated carbocycles. The van der Waals surface area contributed by atoms with Crippen LogP contribution in [0.25, 0.3) is 0 Å². The Morgan fingerprint density at radius 2 is 2.12 bits per heavy atom. The van der Waals surface area contributed by atoms with Crippen molar-refractivity contribution in [1.82, 2.24) is 0 Å². The van der Waals surface area contributed by atoms with Crippen molar-refractivity contribution in [2.45, 2.75) is 32.0 Å². The summed E-state index contributed by atoms with van der Waals surface area (Å²) in [4.78, 5) is 0. The van der Waals surface area contributed by atoms with E-state index in [2.05, 4.69) is 0 Å². The summed E-state index contributed by atoms with van der Waals surface area (Å²) in [6, 6.07) is 4.85. The number of ether oxygens (including phenoxy) is 1. The van der Waals surface area contributed by atoms with Gasteiger partial charge in [-0.1, -0.05) is 12.1 Å². The summed E-state index contributed by atoms with van der Waals surface area (Å²) in [5.74, 6) is 0.145. The highest BCUT2D eigenvalue weighted by atomic mass is 19.1. The van der Waals surface area contributed by atoms with Gasteiger partial charge >= 0.3 is 0 Å². The molecule has 1 aromatic rings. The van der Waals surface area contributed by atoms with E-state index in [-0.39, 0.29) is 11.9 Å². The first-order valence-corrected chi connectivity index (χ1v) is 5.60. The first-order valence-electron chi connectivity index (χ1n) is 5.60. The third kappa shape index (κ3) is 2.25. The molecule has 2 atom stereocenters. The summed E-state index contributed by atoms with van der Waals surface area (Å²) < 4.78 is 18.7. The van der Waals surface area contributed by atoms with Crippen molar-refractivity contribution >= 4 is 0 Å². The predicted molar refractivity (Wildman–Crippen MR) is 59.6 cm³/mol. The van der Waals surface area contributed by atoms with Crippen LogP contribution in [0.5, 0.6) is 0 Å². The number of aliphatic hydroxyl groups is 1. The second-order valence-corrected chi connectivity index (χ2v) is 4.49. The molecule has 2 nitrogen and oxygen atoms in total.